The first-order valence-corrected chi connectivity index (χ1v) is 9.35. The summed E-state index contributed by atoms with van der Waals surface area (Å²) in [5.74, 6) is -0.376. The van der Waals surface area contributed by atoms with Crippen molar-refractivity contribution in [2.75, 3.05) is 18.5 Å². The zero-order valence-corrected chi connectivity index (χ0v) is 15.9. The van der Waals surface area contributed by atoms with Crippen LogP contribution in [-0.2, 0) is 9.59 Å². The van der Waals surface area contributed by atoms with Crippen LogP contribution < -0.4 is 10.1 Å². The number of ether oxygens (including phenoxy) is 1. The van der Waals surface area contributed by atoms with E-state index in [1.54, 1.807) is 42.5 Å². The highest BCUT2D eigenvalue weighted by Crippen LogP contribution is 2.33. The predicted octanol–water partition coefficient (Wildman–Crippen LogP) is 3.47. The van der Waals surface area contributed by atoms with Crippen molar-refractivity contribution < 1.29 is 24.2 Å². The van der Waals surface area contributed by atoms with E-state index in [0.29, 0.717) is 23.6 Å². The van der Waals surface area contributed by atoms with Crippen molar-refractivity contribution in [2.45, 2.75) is 6.92 Å². The van der Waals surface area contributed by atoms with Crippen LogP contribution in [-0.4, -0.2) is 40.2 Å². The van der Waals surface area contributed by atoms with Crippen LogP contribution in [0, 0.1) is 0 Å². The van der Waals surface area contributed by atoms with E-state index in [2.05, 4.69) is 5.32 Å². The van der Waals surface area contributed by atoms with Crippen LogP contribution in [0.1, 0.15) is 12.5 Å². The van der Waals surface area contributed by atoms with Gasteiger partial charge in [0, 0.05) is 11.3 Å². The molecule has 1 saturated heterocycles. The Balaban J connectivity index is 1.65. The topological polar surface area (TPSA) is 95.9 Å². The monoisotopic (exact) mass is 398 g/mol. The number of nitrogens with zero attached hydrogens (tertiary/aromatic N) is 1. The summed E-state index contributed by atoms with van der Waals surface area (Å²) in [5.41, 5.74) is 0.956. The number of hydrogen-bond acceptors (Lipinski definition) is 6. The highest BCUT2D eigenvalue weighted by Gasteiger charge is 2.36. The molecule has 28 heavy (non-hydrogen) atoms. The fourth-order valence-corrected chi connectivity index (χ4v) is 3.36. The maximum absolute atomic E-state index is 12.5. The van der Waals surface area contributed by atoms with Gasteiger partial charge in [-0.1, -0.05) is 18.2 Å². The fraction of sp³-hybridized carbons (Fsp3) is 0.150. The average molecular weight is 398 g/mol. The molecule has 1 aliphatic heterocycles. The molecule has 3 amide bonds. The number of thioether (sulfide) groups is 1. The highest BCUT2D eigenvalue weighted by atomic mass is 32.2. The number of benzene rings is 2. The van der Waals surface area contributed by atoms with Crippen LogP contribution in [0.4, 0.5) is 10.5 Å². The highest BCUT2D eigenvalue weighted by molar-refractivity contribution is 8.18. The van der Waals surface area contributed by atoms with E-state index >= 15 is 0 Å². The van der Waals surface area contributed by atoms with Crippen molar-refractivity contribution in [2.24, 2.45) is 0 Å². The van der Waals surface area contributed by atoms with Crippen molar-refractivity contribution in [3.8, 4) is 11.5 Å². The number of rotatable bonds is 6. The molecule has 7 nitrogen and oxygen atoms in total. The molecule has 0 unspecified atom stereocenters. The lowest BCUT2D eigenvalue weighted by Crippen LogP contribution is -2.36. The second-order valence-corrected chi connectivity index (χ2v) is 6.83. The van der Waals surface area contributed by atoms with Crippen molar-refractivity contribution in [3.63, 3.8) is 0 Å². The Morgan fingerprint density at radius 3 is 2.57 bits per heavy atom. The molecule has 2 N–H and O–H groups in total. The van der Waals surface area contributed by atoms with Crippen LogP contribution in [0.15, 0.2) is 53.4 Å². The van der Waals surface area contributed by atoms with Gasteiger partial charge in [0.15, 0.2) is 0 Å². The summed E-state index contributed by atoms with van der Waals surface area (Å²) in [6.07, 6.45) is 1.44. The number of aromatic hydroxyl groups is 1. The van der Waals surface area contributed by atoms with E-state index in [9.17, 15) is 19.5 Å². The third-order valence-corrected chi connectivity index (χ3v) is 4.76. The summed E-state index contributed by atoms with van der Waals surface area (Å²) in [6.45, 7) is 2.02. The summed E-state index contributed by atoms with van der Waals surface area (Å²) in [7, 11) is 0. The summed E-state index contributed by atoms with van der Waals surface area (Å²) in [6, 6.07) is 13.3. The molecule has 0 atom stereocenters. The molecule has 0 aliphatic carbocycles. The molecule has 2 aromatic carbocycles. The Hall–Kier alpha value is -3.26. The lowest BCUT2D eigenvalue weighted by atomic mass is 10.2. The Labute approximate surface area is 166 Å². The van der Waals surface area contributed by atoms with Crippen molar-refractivity contribution in [3.05, 3.63) is 59.0 Å². The standard InChI is InChI=1S/C20H18N2O5S/c1-2-27-15-9-7-14(8-10-15)21-18(24)12-22-19(25)17(28-20(22)26)11-13-5-3-4-6-16(13)23/h3-11,23H,2,12H2,1H3,(H,21,24)/b17-11-. The van der Waals surface area contributed by atoms with Crippen molar-refractivity contribution >= 4 is 40.6 Å². The molecule has 0 aromatic heterocycles. The van der Waals surface area contributed by atoms with Gasteiger partial charge in [-0.15, -0.1) is 0 Å². The molecule has 0 radical (unpaired) electrons. The van der Waals surface area contributed by atoms with E-state index in [0.717, 1.165) is 16.7 Å². The van der Waals surface area contributed by atoms with Gasteiger partial charge in [0.25, 0.3) is 11.1 Å². The summed E-state index contributed by atoms with van der Waals surface area (Å²) in [5, 5.41) is 11.9. The molecular formula is C20H18N2O5S. The molecule has 3 rings (SSSR count). The second-order valence-electron chi connectivity index (χ2n) is 5.83. The fourth-order valence-electron chi connectivity index (χ4n) is 2.53. The molecule has 1 heterocycles. The number of para-hydroxylation sites is 1. The minimum absolute atomic E-state index is 0.00235. The van der Waals surface area contributed by atoms with E-state index in [-0.39, 0.29) is 10.7 Å². The quantitative estimate of drug-likeness (QED) is 0.724. The van der Waals surface area contributed by atoms with Crippen LogP contribution >= 0.6 is 11.8 Å². The molecule has 1 fully saturated rings. The largest absolute Gasteiger partial charge is 0.507 e. The van der Waals surface area contributed by atoms with Gasteiger partial charge < -0.3 is 15.2 Å². The van der Waals surface area contributed by atoms with Gasteiger partial charge in [-0.2, -0.15) is 0 Å². The summed E-state index contributed by atoms with van der Waals surface area (Å²) >= 11 is 0.732. The first-order chi connectivity index (χ1) is 13.5. The molecule has 144 valence electrons. The smallest absolute Gasteiger partial charge is 0.294 e. The number of phenolic OH excluding ortho intramolecular Hbond substituents is 1. The average Bonchev–Trinajstić information content (AvgIpc) is 2.93. The van der Waals surface area contributed by atoms with Crippen molar-refractivity contribution in [1.82, 2.24) is 4.90 Å². The molecule has 8 heteroatoms. The van der Waals surface area contributed by atoms with E-state index in [4.69, 9.17) is 4.74 Å². The molecular weight excluding hydrogens is 380 g/mol. The Morgan fingerprint density at radius 1 is 1.18 bits per heavy atom. The Kier molecular flexibility index (Phi) is 6.00. The summed E-state index contributed by atoms with van der Waals surface area (Å²) < 4.78 is 5.33. The maximum Gasteiger partial charge on any atom is 0.294 e. The SMILES string of the molecule is CCOc1ccc(NC(=O)CN2C(=O)S/C(=C\c3ccccc3O)C2=O)cc1. The van der Waals surface area contributed by atoms with Gasteiger partial charge in [0.05, 0.1) is 11.5 Å². The first-order valence-electron chi connectivity index (χ1n) is 8.54. The Bertz CT molecular complexity index is 940. The number of phenols is 1. The zero-order valence-electron chi connectivity index (χ0n) is 15.0. The third kappa shape index (κ3) is 4.52. The number of anilines is 1. The van der Waals surface area contributed by atoms with Gasteiger partial charge in [0.2, 0.25) is 5.91 Å². The first kappa shape index (κ1) is 19.5. The summed E-state index contributed by atoms with van der Waals surface area (Å²) in [4.78, 5) is 37.9. The number of carbonyl (C=O) groups is 3. The zero-order chi connectivity index (χ0) is 20.1. The van der Waals surface area contributed by atoms with Gasteiger partial charge in [-0.3, -0.25) is 19.3 Å². The minimum atomic E-state index is -0.569. The second kappa shape index (κ2) is 8.62. The number of nitrogens with one attached hydrogen (secondary N) is 1. The van der Waals surface area contributed by atoms with Crippen molar-refractivity contribution in [1.29, 1.82) is 0 Å². The van der Waals surface area contributed by atoms with Crippen LogP contribution in [0.25, 0.3) is 6.08 Å². The van der Waals surface area contributed by atoms with Crippen LogP contribution in [0.5, 0.6) is 11.5 Å². The minimum Gasteiger partial charge on any atom is -0.507 e. The van der Waals surface area contributed by atoms with E-state index < -0.39 is 23.6 Å². The lowest BCUT2D eigenvalue weighted by Gasteiger charge is -2.12. The lowest BCUT2D eigenvalue weighted by molar-refractivity contribution is -0.127. The number of carbonyl (C=O) groups excluding carboxylic acids is 3. The van der Waals surface area contributed by atoms with E-state index in [1.807, 2.05) is 6.92 Å². The van der Waals surface area contributed by atoms with Gasteiger partial charge in [0.1, 0.15) is 18.0 Å². The van der Waals surface area contributed by atoms with Gasteiger partial charge in [-0.25, -0.2) is 0 Å². The molecule has 2 aromatic rings. The number of hydrogen-bond donors (Lipinski definition) is 2. The molecule has 0 saturated carbocycles. The molecule has 0 bridgehead atoms. The maximum atomic E-state index is 12.5. The normalized spacial score (nSPS) is 15.2. The predicted molar refractivity (Wildman–Crippen MR) is 107 cm³/mol. The third-order valence-electron chi connectivity index (χ3n) is 3.85. The molecule has 0 spiro atoms. The number of amides is 3. The van der Waals surface area contributed by atoms with Gasteiger partial charge in [-0.05, 0) is 55.1 Å². The van der Waals surface area contributed by atoms with Gasteiger partial charge >= 0.3 is 0 Å². The van der Waals surface area contributed by atoms with Crippen LogP contribution in [0.3, 0.4) is 0 Å². The number of imide groups is 1. The van der Waals surface area contributed by atoms with E-state index in [1.165, 1.54) is 12.1 Å². The van der Waals surface area contributed by atoms with Crippen LogP contribution in [0.2, 0.25) is 0 Å². The molecule has 1 aliphatic rings. The Morgan fingerprint density at radius 2 is 1.89 bits per heavy atom.